The molecule has 1 aliphatic heterocycles. The molecular formula is C17H22BNO3. The van der Waals surface area contributed by atoms with Crippen molar-refractivity contribution >= 4 is 13.2 Å². The molecule has 1 heterocycles. The molecule has 0 radical (unpaired) electrons. The van der Waals surface area contributed by atoms with Crippen LogP contribution in [0.3, 0.4) is 0 Å². The number of hydrogen-bond donors (Lipinski definition) is 1. The first-order valence-corrected chi connectivity index (χ1v) is 7.38. The summed E-state index contributed by atoms with van der Waals surface area (Å²) in [5, 5.41) is 18.6. The Labute approximate surface area is 132 Å². The number of nitriles is 1. The summed E-state index contributed by atoms with van der Waals surface area (Å²) in [6, 6.07) is 7.58. The van der Waals surface area contributed by atoms with Crippen molar-refractivity contribution in [3.05, 3.63) is 40.4 Å². The predicted octanol–water partition coefficient (Wildman–Crippen LogP) is 2.87. The lowest BCUT2D eigenvalue weighted by molar-refractivity contribution is 0.00578. The number of aliphatic hydroxyl groups excluding tert-OH is 1. The summed E-state index contributed by atoms with van der Waals surface area (Å²) in [4.78, 5) is 0. The molecule has 2 rings (SSSR count). The lowest BCUT2D eigenvalue weighted by Crippen LogP contribution is -2.41. The number of aliphatic hydroxyl groups is 1. The van der Waals surface area contributed by atoms with E-state index in [1.165, 1.54) is 0 Å². The number of rotatable bonds is 3. The third kappa shape index (κ3) is 3.10. The number of benzene rings is 1. The highest BCUT2D eigenvalue weighted by molar-refractivity contribution is 6.55. The zero-order chi connectivity index (χ0) is 16.5. The molecule has 5 heteroatoms. The van der Waals surface area contributed by atoms with Crippen LogP contribution in [0.5, 0.6) is 0 Å². The Morgan fingerprint density at radius 3 is 2.32 bits per heavy atom. The second-order valence-corrected chi connectivity index (χ2v) is 6.65. The summed E-state index contributed by atoms with van der Waals surface area (Å²) in [6.45, 7) is 9.72. The topological polar surface area (TPSA) is 62.5 Å². The molecule has 0 saturated carbocycles. The molecule has 116 valence electrons. The molecule has 0 aromatic heterocycles. The fraction of sp³-hybridized carbons (Fsp3) is 0.471. The first-order valence-electron chi connectivity index (χ1n) is 7.38. The number of aryl methyl sites for hydroxylation is 1. The lowest BCUT2D eigenvalue weighted by Gasteiger charge is -2.32. The van der Waals surface area contributed by atoms with Gasteiger partial charge in [0.1, 0.15) is 0 Å². The van der Waals surface area contributed by atoms with Crippen LogP contribution in [0.15, 0.2) is 23.7 Å². The largest absolute Gasteiger partial charge is 0.492 e. The zero-order valence-corrected chi connectivity index (χ0v) is 13.8. The van der Waals surface area contributed by atoms with E-state index < -0.39 is 18.3 Å². The van der Waals surface area contributed by atoms with Gasteiger partial charge in [-0.3, -0.25) is 0 Å². The molecule has 22 heavy (non-hydrogen) atoms. The zero-order valence-electron chi connectivity index (χ0n) is 13.8. The van der Waals surface area contributed by atoms with Crippen LogP contribution in [-0.2, 0) is 9.31 Å². The van der Waals surface area contributed by atoms with Crippen LogP contribution in [0, 0.1) is 18.3 Å². The molecule has 1 aliphatic rings. The highest BCUT2D eigenvalue weighted by atomic mass is 16.7. The molecule has 1 saturated heterocycles. The maximum absolute atomic E-state index is 9.70. The normalized spacial score (nSPS) is 20.0. The fourth-order valence-corrected chi connectivity index (χ4v) is 2.29. The van der Waals surface area contributed by atoms with Crippen molar-refractivity contribution in [1.29, 1.82) is 5.26 Å². The van der Waals surface area contributed by atoms with Gasteiger partial charge in [0.05, 0.1) is 29.4 Å². The Bertz CT molecular complexity index is 628. The van der Waals surface area contributed by atoms with Crippen molar-refractivity contribution in [2.75, 3.05) is 6.61 Å². The first kappa shape index (κ1) is 16.8. The fourth-order valence-electron chi connectivity index (χ4n) is 2.29. The SMILES string of the molecule is Cc1cc(C#N)ccc1C=C(CO)B1OC(C)(C)C(C)(C)O1. The van der Waals surface area contributed by atoms with Crippen molar-refractivity contribution in [3.63, 3.8) is 0 Å². The Kier molecular flexibility index (Phi) is 4.48. The Balaban J connectivity index is 2.32. The second kappa shape index (κ2) is 5.88. The minimum absolute atomic E-state index is 0.143. The van der Waals surface area contributed by atoms with Crippen LogP contribution >= 0.6 is 0 Å². The van der Waals surface area contributed by atoms with Crippen LogP contribution in [0.25, 0.3) is 6.08 Å². The van der Waals surface area contributed by atoms with Crippen LogP contribution < -0.4 is 0 Å². The smallest absolute Gasteiger partial charge is 0.400 e. The lowest BCUT2D eigenvalue weighted by atomic mass is 9.77. The third-order valence-corrected chi connectivity index (χ3v) is 4.48. The van der Waals surface area contributed by atoms with Gasteiger partial charge in [0, 0.05) is 0 Å². The van der Waals surface area contributed by atoms with Gasteiger partial charge in [0.25, 0.3) is 0 Å². The molecule has 0 spiro atoms. The molecule has 0 aliphatic carbocycles. The van der Waals surface area contributed by atoms with Crippen molar-refractivity contribution in [1.82, 2.24) is 0 Å². The Hall–Kier alpha value is -1.61. The summed E-state index contributed by atoms with van der Waals surface area (Å²) in [5.74, 6) is 0. The van der Waals surface area contributed by atoms with Gasteiger partial charge < -0.3 is 14.4 Å². The van der Waals surface area contributed by atoms with Gasteiger partial charge in [0.2, 0.25) is 0 Å². The van der Waals surface area contributed by atoms with Gasteiger partial charge in [-0.25, -0.2) is 0 Å². The minimum Gasteiger partial charge on any atom is -0.400 e. The van der Waals surface area contributed by atoms with Crippen LogP contribution in [-0.4, -0.2) is 30.0 Å². The van der Waals surface area contributed by atoms with Gasteiger partial charge in [-0.05, 0) is 63.4 Å². The van der Waals surface area contributed by atoms with Crippen molar-refractivity contribution < 1.29 is 14.4 Å². The van der Waals surface area contributed by atoms with E-state index in [1.807, 2.05) is 52.8 Å². The Morgan fingerprint density at radius 2 is 1.86 bits per heavy atom. The van der Waals surface area contributed by atoms with Gasteiger partial charge in [-0.15, -0.1) is 0 Å². The van der Waals surface area contributed by atoms with Crippen molar-refractivity contribution in [2.24, 2.45) is 0 Å². The van der Waals surface area contributed by atoms with Crippen LogP contribution in [0.1, 0.15) is 44.4 Å². The second-order valence-electron chi connectivity index (χ2n) is 6.65. The molecule has 0 atom stereocenters. The molecule has 0 bridgehead atoms. The van der Waals surface area contributed by atoms with E-state index in [-0.39, 0.29) is 6.61 Å². The van der Waals surface area contributed by atoms with Gasteiger partial charge in [0.15, 0.2) is 0 Å². The van der Waals surface area contributed by atoms with Crippen molar-refractivity contribution in [3.8, 4) is 6.07 Å². The summed E-state index contributed by atoms with van der Waals surface area (Å²) in [7, 11) is -0.565. The highest BCUT2D eigenvalue weighted by Gasteiger charge is 2.52. The van der Waals surface area contributed by atoms with Gasteiger partial charge >= 0.3 is 7.12 Å². The third-order valence-electron chi connectivity index (χ3n) is 4.48. The standard InChI is InChI=1S/C17H22BNO3/c1-12-8-13(10-19)6-7-14(12)9-15(11-20)18-21-16(2,3)17(4,5)22-18/h6-9,20H,11H2,1-5H3. The van der Waals surface area contributed by atoms with E-state index in [0.29, 0.717) is 11.0 Å². The maximum atomic E-state index is 9.70. The maximum Gasteiger partial charge on any atom is 0.492 e. The van der Waals surface area contributed by atoms with E-state index in [4.69, 9.17) is 14.6 Å². The molecular weight excluding hydrogens is 277 g/mol. The molecule has 1 aromatic carbocycles. The molecule has 4 nitrogen and oxygen atoms in total. The van der Waals surface area contributed by atoms with Crippen LogP contribution in [0.4, 0.5) is 0 Å². The van der Waals surface area contributed by atoms with E-state index in [1.54, 1.807) is 6.07 Å². The van der Waals surface area contributed by atoms with Crippen molar-refractivity contribution in [2.45, 2.75) is 45.8 Å². The first-order chi connectivity index (χ1) is 10.2. The Morgan fingerprint density at radius 1 is 1.27 bits per heavy atom. The summed E-state index contributed by atoms with van der Waals surface area (Å²) < 4.78 is 11.9. The van der Waals surface area contributed by atoms with Gasteiger partial charge in [-0.1, -0.05) is 12.1 Å². The molecule has 0 unspecified atom stereocenters. The molecule has 1 aromatic rings. The average molecular weight is 299 g/mol. The average Bonchev–Trinajstić information content (AvgIpc) is 2.65. The minimum atomic E-state index is -0.565. The monoisotopic (exact) mass is 299 g/mol. The molecule has 1 fully saturated rings. The quantitative estimate of drug-likeness (QED) is 0.872. The van der Waals surface area contributed by atoms with E-state index in [0.717, 1.165) is 11.1 Å². The highest BCUT2D eigenvalue weighted by Crippen LogP contribution is 2.38. The van der Waals surface area contributed by atoms with E-state index in [9.17, 15) is 5.11 Å². The van der Waals surface area contributed by atoms with Gasteiger partial charge in [-0.2, -0.15) is 5.26 Å². The van der Waals surface area contributed by atoms with Crippen LogP contribution in [0.2, 0.25) is 0 Å². The van der Waals surface area contributed by atoms with E-state index in [2.05, 4.69) is 6.07 Å². The number of nitrogens with zero attached hydrogens (tertiary/aromatic N) is 1. The summed E-state index contributed by atoms with van der Waals surface area (Å²) >= 11 is 0. The predicted molar refractivity (Wildman–Crippen MR) is 87.0 cm³/mol. The van der Waals surface area contributed by atoms with E-state index >= 15 is 0 Å². The number of hydrogen-bond acceptors (Lipinski definition) is 4. The molecule has 0 amide bonds. The summed E-state index contributed by atoms with van der Waals surface area (Å²) in [5.41, 5.74) is 2.33. The molecule has 1 N–H and O–H groups in total. The summed E-state index contributed by atoms with van der Waals surface area (Å²) in [6.07, 6.45) is 1.87.